The minimum Gasteiger partial charge on any atom is -0.381 e. The summed E-state index contributed by atoms with van der Waals surface area (Å²) in [6, 6.07) is 7.06. The molecule has 4 heteroatoms. The number of hydrogen-bond acceptors (Lipinski definition) is 3. The normalized spacial score (nSPS) is 11.5. The third kappa shape index (κ3) is 3.26. The van der Waals surface area contributed by atoms with Gasteiger partial charge < -0.3 is 5.32 Å². The Kier molecular flexibility index (Phi) is 4.80. The molecule has 0 saturated heterocycles. The summed E-state index contributed by atoms with van der Waals surface area (Å²) in [5.74, 6) is 0.919. The Labute approximate surface area is 150 Å². The molecule has 1 N–H and O–H groups in total. The van der Waals surface area contributed by atoms with Crippen LogP contribution in [0.3, 0.4) is 0 Å². The molecule has 0 spiro atoms. The second kappa shape index (κ2) is 6.87. The molecular formula is C21H28N4. The lowest BCUT2D eigenvalue weighted by atomic mass is 9.99. The molecule has 0 fully saturated rings. The molecule has 4 nitrogen and oxygen atoms in total. The van der Waals surface area contributed by atoms with Crippen LogP contribution in [0.2, 0.25) is 0 Å². The maximum atomic E-state index is 4.83. The van der Waals surface area contributed by atoms with Gasteiger partial charge in [0.05, 0.1) is 23.1 Å². The fourth-order valence-electron chi connectivity index (χ4n) is 3.58. The highest BCUT2D eigenvalue weighted by Gasteiger charge is 2.15. The third-order valence-electron chi connectivity index (χ3n) is 4.94. The summed E-state index contributed by atoms with van der Waals surface area (Å²) in [5.41, 5.74) is 8.06. The van der Waals surface area contributed by atoms with E-state index in [2.05, 4.69) is 65.1 Å². The Hall–Kier alpha value is -2.36. The Bertz CT molecular complexity index is 881. The molecule has 0 aliphatic rings. The first-order valence-electron chi connectivity index (χ1n) is 9.14. The van der Waals surface area contributed by atoms with Crippen LogP contribution >= 0.6 is 0 Å². The lowest BCUT2D eigenvalue weighted by molar-refractivity contribution is 0.669. The van der Waals surface area contributed by atoms with E-state index in [1.807, 2.05) is 10.7 Å². The van der Waals surface area contributed by atoms with Crippen molar-refractivity contribution in [3.8, 4) is 11.4 Å². The van der Waals surface area contributed by atoms with Gasteiger partial charge >= 0.3 is 0 Å². The first-order chi connectivity index (χ1) is 11.9. The molecule has 0 unspecified atom stereocenters. The summed E-state index contributed by atoms with van der Waals surface area (Å²) in [6.07, 6.45) is 4.12. The van der Waals surface area contributed by atoms with E-state index >= 15 is 0 Å². The second-order valence-corrected chi connectivity index (χ2v) is 6.99. The number of rotatable bonds is 5. The Morgan fingerprint density at radius 1 is 1.00 bits per heavy atom. The number of imidazole rings is 1. The van der Waals surface area contributed by atoms with Gasteiger partial charge in [0, 0.05) is 11.6 Å². The van der Waals surface area contributed by atoms with E-state index in [0.29, 0.717) is 6.04 Å². The number of fused-ring (bicyclic) bond motifs is 1. The van der Waals surface area contributed by atoms with Gasteiger partial charge in [-0.15, -0.1) is 0 Å². The molecule has 2 heterocycles. The highest BCUT2D eigenvalue weighted by molar-refractivity contribution is 5.70. The lowest BCUT2D eigenvalue weighted by Crippen LogP contribution is -2.18. The van der Waals surface area contributed by atoms with Gasteiger partial charge in [-0.1, -0.05) is 31.5 Å². The molecule has 0 bridgehead atoms. The number of aromatic nitrogens is 3. The van der Waals surface area contributed by atoms with E-state index in [-0.39, 0.29) is 0 Å². The molecule has 0 amide bonds. The highest BCUT2D eigenvalue weighted by atomic mass is 15.3. The first kappa shape index (κ1) is 17.5. The van der Waals surface area contributed by atoms with Gasteiger partial charge in [0.25, 0.3) is 0 Å². The molecule has 1 aromatic carbocycles. The van der Waals surface area contributed by atoms with E-state index < -0.39 is 0 Å². The van der Waals surface area contributed by atoms with Crippen LogP contribution in [0, 0.1) is 27.7 Å². The van der Waals surface area contributed by atoms with Gasteiger partial charge in [-0.05, 0) is 57.7 Å². The average molecular weight is 336 g/mol. The quantitative estimate of drug-likeness (QED) is 0.693. The minimum absolute atomic E-state index is 0.479. The summed E-state index contributed by atoms with van der Waals surface area (Å²) in [6.45, 7) is 12.9. The molecule has 25 heavy (non-hydrogen) atoms. The van der Waals surface area contributed by atoms with Crippen molar-refractivity contribution in [2.75, 3.05) is 5.32 Å². The number of nitrogens with one attached hydrogen (secondary N) is 1. The van der Waals surface area contributed by atoms with Crippen LogP contribution in [0.5, 0.6) is 0 Å². The van der Waals surface area contributed by atoms with Gasteiger partial charge in [0.1, 0.15) is 0 Å². The summed E-state index contributed by atoms with van der Waals surface area (Å²) in [7, 11) is 0. The number of nitrogens with zero attached hydrogens (tertiary/aromatic N) is 3. The van der Waals surface area contributed by atoms with Gasteiger partial charge in [-0.3, -0.25) is 0 Å². The molecule has 0 aliphatic heterocycles. The van der Waals surface area contributed by atoms with Crippen LogP contribution in [0.4, 0.5) is 5.69 Å². The highest BCUT2D eigenvalue weighted by Crippen LogP contribution is 2.29. The molecule has 132 valence electrons. The first-order valence-corrected chi connectivity index (χ1v) is 9.14. The molecule has 0 aliphatic carbocycles. The van der Waals surface area contributed by atoms with Crippen molar-refractivity contribution in [3.05, 3.63) is 46.8 Å². The monoisotopic (exact) mass is 336 g/mol. The zero-order valence-corrected chi connectivity index (χ0v) is 16.1. The largest absolute Gasteiger partial charge is 0.381 e. The predicted octanol–water partition coefficient (Wildman–Crippen LogP) is 5.23. The smallest absolute Gasteiger partial charge is 0.161 e. The second-order valence-electron chi connectivity index (χ2n) is 6.99. The van der Waals surface area contributed by atoms with Crippen molar-refractivity contribution < 1.29 is 0 Å². The van der Waals surface area contributed by atoms with Crippen LogP contribution < -0.4 is 5.32 Å². The van der Waals surface area contributed by atoms with E-state index in [4.69, 9.17) is 10.1 Å². The molecule has 2 aromatic heterocycles. The summed E-state index contributed by atoms with van der Waals surface area (Å²) < 4.78 is 1.97. The van der Waals surface area contributed by atoms with Crippen molar-refractivity contribution >= 4 is 11.2 Å². The Balaban J connectivity index is 2.10. The van der Waals surface area contributed by atoms with Gasteiger partial charge in [0.2, 0.25) is 0 Å². The van der Waals surface area contributed by atoms with Crippen molar-refractivity contribution in [3.63, 3.8) is 0 Å². The maximum absolute atomic E-state index is 4.83. The Morgan fingerprint density at radius 3 is 2.24 bits per heavy atom. The number of aryl methyl sites for hydroxylation is 4. The van der Waals surface area contributed by atoms with Crippen molar-refractivity contribution in [2.45, 2.75) is 60.4 Å². The minimum atomic E-state index is 0.479. The van der Waals surface area contributed by atoms with E-state index in [9.17, 15) is 0 Å². The zero-order valence-electron chi connectivity index (χ0n) is 16.1. The molecular weight excluding hydrogens is 308 g/mol. The van der Waals surface area contributed by atoms with E-state index in [1.165, 1.54) is 22.3 Å². The fourth-order valence-corrected chi connectivity index (χ4v) is 3.58. The van der Waals surface area contributed by atoms with Crippen molar-refractivity contribution in [1.29, 1.82) is 0 Å². The van der Waals surface area contributed by atoms with Crippen molar-refractivity contribution in [2.24, 2.45) is 0 Å². The molecule has 3 aromatic rings. The standard InChI is InChI=1S/C21H28N4/c1-7-17(8-2)23-19-11-18-12-22-21(25(18)24-16(19)6)20-14(4)9-13(3)10-15(20)5/h9-12,17,23H,7-8H2,1-6H3. The summed E-state index contributed by atoms with van der Waals surface area (Å²) in [5, 5.41) is 8.44. The zero-order chi connectivity index (χ0) is 18.1. The van der Waals surface area contributed by atoms with E-state index in [1.54, 1.807) is 0 Å². The summed E-state index contributed by atoms with van der Waals surface area (Å²) in [4.78, 5) is 4.69. The van der Waals surface area contributed by atoms with Crippen LogP contribution in [0.25, 0.3) is 16.9 Å². The van der Waals surface area contributed by atoms with Crippen LogP contribution in [-0.4, -0.2) is 20.6 Å². The van der Waals surface area contributed by atoms with E-state index in [0.717, 1.165) is 35.6 Å². The SMILES string of the molecule is CCC(CC)Nc1cc2cnc(-c3c(C)cc(C)cc3C)n2nc1C. The number of anilines is 1. The van der Waals surface area contributed by atoms with Crippen LogP contribution in [0.15, 0.2) is 24.4 Å². The molecule has 0 saturated carbocycles. The van der Waals surface area contributed by atoms with Crippen LogP contribution in [-0.2, 0) is 0 Å². The number of hydrogen-bond donors (Lipinski definition) is 1. The molecule has 0 atom stereocenters. The topological polar surface area (TPSA) is 42.2 Å². The third-order valence-corrected chi connectivity index (χ3v) is 4.94. The number of benzene rings is 1. The van der Waals surface area contributed by atoms with Gasteiger partial charge in [-0.25, -0.2) is 9.50 Å². The van der Waals surface area contributed by atoms with Crippen LogP contribution in [0.1, 0.15) is 49.1 Å². The summed E-state index contributed by atoms with van der Waals surface area (Å²) >= 11 is 0. The van der Waals surface area contributed by atoms with Crippen molar-refractivity contribution in [1.82, 2.24) is 14.6 Å². The fraction of sp³-hybridized carbons (Fsp3) is 0.429. The molecule has 3 rings (SSSR count). The van der Waals surface area contributed by atoms with Gasteiger partial charge in [0.15, 0.2) is 5.82 Å². The molecule has 0 radical (unpaired) electrons. The average Bonchev–Trinajstić information content (AvgIpc) is 2.94. The van der Waals surface area contributed by atoms with Gasteiger partial charge in [-0.2, -0.15) is 5.10 Å². The maximum Gasteiger partial charge on any atom is 0.161 e. The lowest BCUT2D eigenvalue weighted by Gasteiger charge is -2.18. The predicted molar refractivity (Wildman–Crippen MR) is 105 cm³/mol. The Morgan fingerprint density at radius 2 is 1.64 bits per heavy atom.